The van der Waals surface area contributed by atoms with E-state index in [0.717, 1.165) is 15.2 Å². The second-order valence-electron chi connectivity index (χ2n) is 5.14. The van der Waals surface area contributed by atoms with Crippen LogP contribution in [0, 0.1) is 0 Å². The number of carbonyl (C=O) groups excluding carboxylic acids is 1. The fourth-order valence-corrected chi connectivity index (χ4v) is 4.33. The highest BCUT2D eigenvalue weighted by atomic mass is 32.2. The molecule has 1 amide bonds. The molecule has 2 heterocycles. The fraction of sp³-hybridized carbons (Fsp3) is 0.133. The van der Waals surface area contributed by atoms with E-state index in [2.05, 4.69) is 15.3 Å². The van der Waals surface area contributed by atoms with E-state index >= 15 is 0 Å². The van der Waals surface area contributed by atoms with E-state index in [1.807, 2.05) is 11.4 Å². The van der Waals surface area contributed by atoms with Gasteiger partial charge < -0.3 is 5.32 Å². The first kappa shape index (κ1) is 17.8. The first-order valence-corrected chi connectivity index (χ1v) is 10.4. The Balaban J connectivity index is 1.74. The van der Waals surface area contributed by atoms with Crippen LogP contribution < -0.4 is 10.5 Å². The lowest BCUT2D eigenvalue weighted by Crippen LogP contribution is -2.23. The molecule has 0 spiro atoms. The third-order valence-corrected chi connectivity index (χ3v) is 6.16. The highest BCUT2D eigenvalue weighted by Gasteiger charge is 2.18. The lowest BCUT2D eigenvalue weighted by Gasteiger charge is -2.12. The van der Waals surface area contributed by atoms with Crippen molar-refractivity contribution in [3.8, 4) is 0 Å². The van der Waals surface area contributed by atoms with Crippen molar-refractivity contribution in [2.24, 2.45) is 5.14 Å². The topological polar surface area (TPSA) is 115 Å². The molecule has 0 saturated heterocycles. The number of rotatable bonds is 5. The van der Waals surface area contributed by atoms with Crippen molar-refractivity contribution in [2.45, 2.75) is 22.1 Å². The molecular formula is C15H14N4O3S3. The van der Waals surface area contributed by atoms with Gasteiger partial charge in [-0.15, -0.1) is 11.3 Å². The van der Waals surface area contributed by atoms with Gasteiger partial charge in [-0.25, -0.2) is 23.5 Å². The normalized spacial score (nSPS) is 12.9. The molecule has 3 N–H and O–H groups in total. The van der Waals surface area contributed by atoms with Crippen molar-refractivity contribution in [1.29, 1.82) is 0 Å². The van der Waals surface area contributed by atoms with E-state index in [1.165, 1.54) is 47.6 Å². The quantitative estimate of drug-likeness (QED) is 0.507. The summed E-state index contributed by atoms with van der Waals surface area (Å²) in [4.78, 5) is 21.6. The highest BCUT2D eigenvalue weighted by Crippen LogP contribution is 2.30. The molecule has 2 aromatic heterocycles. The summed E-state index contributed by atoms with van der Waals surface area (Å²) < 4.78 is 22.8. The summed E-state index contributed by atoms with van der Waals surface area (Å²) in [5.41, 5.74) is 0.368. The zero-order valence-electron chi connectivity index (χ0n) is 13.0. The molecule has 1 atom stereocenters. The minimum atomic E-state index is -3.82. The van der Waals surface area contributed by atoms with Gasteiger partial charge >= 0.3 is 0 Å². The molecule has 0 radical (unpaired) electrons. The fourth-order valence-electron chi connectivity index (χ4n) is 2.08. The van der Waals surface area contributed by atoms with Gasteiger partial charge in [-0.3, -0.25) is 4.79 Å². The van der Waals surface area contributed by atoms with Crippen LogP contribution in [0.4, 0.5) is 5.69 Å². The van der Waals surface area contributed by atoms with Crippen LogP contribution in [0.1, 0.15) is 6.92 Å². The molecule has 0 saturated carbocycles. The van der Waals surface area contributed by atoms with Crippen molar-refractivity contribution in [3.05, 3.63) is 42.0 Å². The van der Waals surface area contributed by atoms with Crippen LogP contribution in [0.25, 0.3) is 10.2 Å². The van der Waals surface area contributed by atoms with Gasteiger partial charge in [0.2, 0.25) is 15.9 Å². The van der Waals surface area contributed by atoms with Gasteiger partial charge in [0, 0.05) is 11.1 Å². The average molecular weight is 395 g/mol. The molecule has 1 aromatic carbocycles. The number of primary sulfonamides is 1. The molecule has 7 nitrogen and oxygen atoms in total. The van der Waals surface area contributed by atoms with E-state index < -0.39 is 15.3 Å². The number of anilines is 1. The highest BCUT2D eigenvalue weighted by molar-refractivity contribution is 8.00. The van der Waals surface area contributed by atoms with Crippen LogP contribution in [0.5, 0.6) is 0 Å². The number of thioether (sulfide) groups is 1. The van der Waals surface area contributed by atoms with Crippen molar-refractivity contribution >= 4 is 54.9 Å². The molecule has 25 heavy (non-hydrogen) atoms. The Morgan fingerprint density at radius 3 is 2.88 bits per heavy atom. The number of nitrogens with one attached hydrogen (secondary N) is 1. The Hall–Kier alpha value is -2.01. The van der Waals surface area contributed by atoms with Crippen LogP contribution >= 0.6 is 23.1 Å². The number of fused-ring (bicyclic) bond motifs is 1. The Kier molecular flexibility index (Phi) is 5.04. The molecule has 0 aliphatic heterocycles. The molecule has 0 bridgehead atoms. The number of amides is 1. The van der Waals surface area contributed by atoms with Crippen molar-refractivity contribution in [3.63, 3.8) is 0 Å². The largest absolute Gasteiger partial charge is 0.325 e. The molecule has 130 valence electrons. The molecule has 0 aliphatic carbocycles. The molecule has 10 heteroatoms. The third-order valence-electron chi connectivity index (χ3n) is 3.31. The standard InChI is InChI=1S/C15H14N4O3S3/c1-9(24-15-12-5-6-23-14(12)17-8-18-15)13(20)19-10-3-2-4-11(7-10)25(16,21)22/h2-9H,1H3,(H,19,20)(H2,16,21,22)/t9-/m1/s1. The predicted molar refractivity (Wildman–Crippen MR) is 99.2 cm³/mol. The van der Waals surface area contributed by atoms with Crippen LogP contribution in [0.3, 0.4) is 0 Å². The second kappa shape index (κ2) is 7.08. The summed E-state index contributed by atoms with van der Waals surface area (Å²) in [6, 6.07) is 7.74. The van der Waals surface area contributed by atoms with Crippen LogP contribution in [0.15, 0.2) is 52.0 Å². The molecular weight excluding hydrogens is 380 g/mol. The lowest BCUT2D eigenvalue weighted by atomic mass is 10.3. The van der Waals surface area contributed by atoms with E-state index in [-0.39, 0.29) is 10.8 Å². The maximum atomic E-state index is 12.4. The third kappa shape index (κ3) is 4.15. The van der Waals surface area contributed by atoms with E-state index in [4.69, 9.17) is 5.14 Å². The smallest absolute Gasteiger partial charge is 0.238 e. The number of hydrogen-bond donors (Lipinski definition) is 2. The number of nitrogens with zero attached hydrogens (tertiary/aromatic N) is 2. The summed E-state index contributed by atoms with van der Waals surface area (Å²) in [7, 11) is -3.82. The average Bonchev–Trinajstić information content (AvgIpc) is 3.04. The number of aromatic nitrogens is 2. The maximum Gasteiger partial charge on any atom is 0.238 e. The van der Waals surface area contributed by atoms with Crippen molar-refractivity contribution < 1.29 is 13.2 Å². The van der Waals surface area contributed by atoms with Gasteiger partial charge in [0.05, 0.1) is 10.1 Å². The van der Waals surface area contributed by atoms with Gasteiger partial charge in [-0.1, -0.05) is 17.8 Å². The Bertz CT molecular complexity index is 1030. The number of thiophene rings is 1. The minimum absolute atomic E-state index is 0.0543. The zero-order chi connectivity index (χ0) is 18.0. The molecule has 0 aliphatic rings. The van der Waals surface area contributed by atoms with Crippen LogP contribution in [0.2, 0.25) is 0 Å². The van der Waals surface area contributed by atoms with Gasteiger partial charge in [-0.2, -0.15) is 0 Å². The minimum Gasteiger partial charge on any atom is -0.325 e. The summed E-state index contributed by atoms with van der Waals surface area (Å²) in [5.74, 6) is -0.265. The maximum absolute atomic E-state index is 12.4. The monoisotopic (exact) mass is 394 g/mol. The molecule has 0 unspecified atom stereocenters. The molecule has 0 fully saturated rings. The second-order valence-corrected chi connectivity index (χ2v) is 8.93. The SMILES string of the molecule is C[C@@H](Sc1ncnc2sccc12)C(=O)Nc1cccc(S(N)(=O)=O)c1. The first-order chi connectivity index (χ1) is 11.8. The van der Waals surface area contributed by atoms with Crippen molar-refractivity contribution in [1.82, 2.24) is 9.97 Å². The number of sulfonamides is 1. The number of carbonyl (C=O) groups is 1. The molecule has 3 aromatic rings. The van der Waals surface area contributed by atoms with E-state index in [1.54, 1.807) is 13.0 Å². The first-order valence-electron chi connectivity index (χ1n) is 7.13. The van der Waals surface area contributed by atoms with Crippen LogP contribution in [-0.4, -0.2) is 29.5 Å². The molecule has 3 rings (SSSR count). The summed E-state index contributed by atoms with van der Waals surface area (Å²) in [6.45, 7) is 1.75. The summed E-state index contributed by atoms with van der Waals surface area (Å²) in [6.07, 6.45) is 1.47. The van der Waals surface area contributed by atoms with Gasteiger partial charge in [0.15, 0.2) is 0 Å². The van der Waals surface area contributed by atoms with Crippen LogP contribution in [-0.2, 0) is 14.8 Å². The summed E-state index contributed by atoms with van der Waals surface area (Å²) >= 11 is 2.83. The Morgan fingerprint density at radius 1 is 1.32 bits per heavy atom. The van der Waals surface area contributed by atoms with Gasteiger partial charge in [0.25, 0.3) is 0 Å². The predicted octanol–water partition coefficient (Wildman–Crippen LogP) is 2.46. The summed E-state index contributed by atoms with van der Waals surface area (Å²) in [5, 5.41) is 10.9. The van der Waals surface area contributed by atoms with Gasteiger partial charge in [0.1, 0.15) is 16.2 Å². The zero-order valence-corrected chi connectivity index (χ0v) is 15.5. The number of hydrogen-bond acceptors (Lipinski definition) is 7. The Morgan fingerprint density at radius 2 is 2.12 bits per heavy atom. The van der Waals surface area contributed by atoms with Crippen molar-refractivity contribution in [2.75, 3.05) is 5.32 Å². The van der Waals surface area contributed by atoms with E-state index in [9.17, 15) is 13.2 Å². The van der Waals surface area contributed by atoms with Gasteiger partial charge in [-0.05, 0) is 36.6 Å². The van der Waals surface area contributed by atoms with E-state index in [0.29, 0.717) is 5.69 Å². The lowest BCUT2D eigenvalue weighted by molar-refractivity contribution is -0.115. The number of nitrogens with two attached hydrogens (primary N) is 1. The number of benzene rings is 1. The Labute approximate surface area is 152 Å².